The van der Waals surface area contributed by atoms with Crippen molar-refractivity contribution >= 4 is 39.5 Å². The molecule has 0 saturated heterocycles. The SMILES string of the molecule is COC(=O)C1=C(C(=O)OC)N2C(=O)c3ccccc3[C@@H]1N2c1ccc(Br)cc1. The van der Waals surface area contributed by atoms with Crippen molar-refractivity contribution in [2.24, 2.45) is 0 Å². The first-order chi connectivity index (χ1) is 13.5. The summed E-state index contributed by atoms with van der Waals surface area (Å²) in [7, 11) is 2.44. The fraction of sp³-hybridized carbons (Fsp3) is 0.150. The number of benzene rings is 2. The van der Waals surface area contributed by atoms with Crippen LogP contribution in [-0.4, -0.2) is 37.1 Å². The molecule has 2 aromatic carbocycles. The Bertz CT molecular complexity index is 1030. The lowest BCUT2D eigenvalue weighted by molar-refractivity contribution is -0.140. The van der Waals surface area contributed by atoms with Crippen LogP contribution >= 0.6 is 15.9 Å². The number of esters is 2. The van der Waals surface area contributed by atoms with Crippen LogP contribution < -0.4 is 5.01 Å². The van der Waals surface area contributed by atoms with Gasteiger partial charge in [0.2, 0.25) is 0 Å². The molecule has 1 atom stereocenters. The highest BCUT2D eigenvalue weighted by Crippen LogP contribution is 2.49. The Hall–Kier alpha value is -3.13. The molecule has 0 unspecified atom stereocenters. The van der Waals surface area contributed by atoms with Crippen LogP contribution in [0.25, 0.3) is 0 Å². The molecule has 0 saturated carbocycles. The van der Waals surface area contributed by atoms with Gasteiger partial charge in [-0.3, -0.25) is 9.80 Å². The maximum atomic E-state index is 13.3. The summed E-state index contributed by atoms with van der Waals surface area (Å²) in [6.07, 6.45) is 0. The van der Waals surface area contributed by atoms with Gasteiger partial charge in [0.05, 0.1) is 25.5 Å². The number of amides is 1. The Morgan fingerprint density at radius 3 is 2.25 bits per heavy atom. The van der Waals surface area contributed by atoms with Gasteiger partial charge < -0.3 is 9.47 Å². The summed E-state index contributed by atoms with van der Waals surface area (Å²) >= 11 is 3.39. The summed E-state index contributed by atoms with van der Waals surface area (Å²) in [6.45, 7) is 0. The van der Waals surface area contributed by atoms with Crippen LogP contribution in [0.15, 0.2) is 64.3 Å². The highest BCUT2D eigenvalue weighted by atomic mass is 79.9. The second-order valence-corrected chi connectivity index (χ2v) is 7.09. The molecule has 0 N–H and O–H groups in total. The monoisotopic (exact) mass is 442 g/mol. The molecule has 1 amide bonds. The molecule has 0 fully saturated rings. The standard InChI is InChI=1S/C20H15BrN2O5/c1-27-19(25)15-16-13-5-3-4-6-14(13)18(24)23(17(15)20(26)28-2)22(16)12-9-7-11(21)8-10-12/h3-10,16H,1-2H3/t16-/m0/s1. The first-order valence-electron chi connectivity index (χ1n) is 8.38. The van der Waals surface area contributed by atoms with Crippen molar-refractivity contribution in [1.29, 1.82) is 0 Å². The summed E-state index contributed by atoms with van der Waals surface area (Å²) in [5.41, 5.74) is 1.60. The maximum Gasteiger partial charge on any atom is 0.357 e. The van der Waals surface area contributed by atoms with Crippen LogP contribution in [0.5, 0.6) is 0 Å². The number of halogens is 1. The summed E-state index contributed by atoms with van der Waals surface area (Å²) in [6, 6.07) is 13.5. The van der Waals surface area contributed by atoms with E-state index in [1.807, 2.05) is 12.1 Å². The number of fused-ring (bicyclic) bond motifs is 4. The van der Waals surface area contributed by atoms with E-state index in [-0.39, 0.29) is 11.3 Å². The van der Waals surface area contributed by atoms with Crippen molar-refractivity contribution in [1.82, 2.24) is 5.01 Å². The Morgan fingerprint density at radius 2 is 1.61 bits per heavy atom. The summed E-state index contributed by atoms with van der Waals surface area (Å²) in [5.74, 6) is -1.90. The molecule has 0 aliphatic carbocycles. The third-order valence-corrected chi connectivity index (χ3v) is 5.28. The van der Waals surface area contributed by atoms with Crippen molar-refractivity contribution in [3.05, 3.63) is 75.4 Å². The quantitative estimate of drug-likeness (QED) is 0.680. The van der Waals surface area contributed by atoms with Gasteiger partial charge in [-0.1, -0.05) is 34.1 Å². The van der Waals surface area contributed by atoms with E-state index in [0.29, 0.717) is 16.8 Å². The van der Waals surface area contributed by atoms with E-state index in [2.05, 4.69) is 15.9 Å². The number of carbonyl (C=O) groups is 3. The van der Waals surface area contributed by atoms with Gasteiger partial charge in [-0.2, -0.15) is 0 Å². The Labute approximate surface area is 169 Å². The number of hydrazine groups is 1. The summed E-state index contributed by atoms with van der Waals surface area (Å²) in [5, 5.41) is 2.82. The number of methoxy groups -OCH3 is 2. The third-order valence-electron chi connectivity index (χ3n) is 4.75. The fourth-order valence-electron chi connectivity index (χ4n) is 3.59. The largest absolute Gasteiger partial charge is 0.466 e. The van der Waals surface area contributed by atoms with Crippen LogP contribution in [0.3, 0.4) is 0 Å². The van der Waals surface area contributed by atoms with Crippen molar-refractivity contribution in [3.63, 3.8) is 0 Å². The molecular formula is C20H15BrN2O5. The minimum absolute atomic E-state index is 0.0653. The van der Waals surface area contributed by atoms with E-state index in [1.54, 1.807) is 41.4 Å². The van der Waals surface area contributed by atoms with Gasteiger partial charge in [-0.05, 0) is 35.9 Å². The normalized spacial score (nSPS) is 17.5. The molecule has 2 heterocycles. The number of carbonyl (C=O) groups excluding carboxylic acids is 3. The minimum atomic E-state index is -0.786. The van der Waals surface area contributed by atoms with Gasteiger partial charge in [0.1, 0.15) is 6.04 Å². The predicted octanol–water partition coefficient (Wildman–Crippen LogP) is 2.98. The first-order valence-corrected chi connectivity index (χ1v) is 9.17. The minimum Gasteiger partial charge on any atom is -0.466 e. The molecule has 8 heteroatoms. The van der Waals surface area contributed by atoms with E-state index in [9.17, 15) is 14.4 Å². The van der Waals surface area contributed by atoms with Gasteiger partial charge in [0.25, 0.3) is 5.91 Å². The van der Waals surface area contributed by atoms with Gasteiger partial charge in [-0.15, -0.1) is 0 Å². The van der Waals surface area contributed by atoms with Gasteiger partial charge in [-0.25, -0.2) is 14.6 Å². The molecule has 0 aromatic heterocycles. The van der Waals surface area contributed by atoms with Crippen molar-refractivity contribution < 1.29 is 23.9 Å². The highest BCUT2D eigenvalue weighted by molar-refractivity contribution is 9.10. The van der Waals surface area contributed by atoms with Crippen LogP contribution in [0.2, 0.25) is 0 Å². The Balaban J connectivity index is 2.02. The molecule has 2 aromatic rings. The predicted molar refractivity (Wildman–Crippen MR) is 103 cm³/mol. The zero-order valence-electron chi connectivity index (χ0n) is 15.0. The first kappa shape index (κ1) is 18.2. The Morgan fingerprint density at radius 1 is 0.964 bits per heavy atom. The summed E-state index contributed by atoms with van der Waals surface area (Å²) in [4.78, 5) is 38.6. The number of hydrogen-bond donors (Lipinski definition) is 0. The molecule has 2 aliphatic rings. The third kappa shape index (κ3) is 2.52. The van der Waals surface area contributed by atoms with Crippen molar-refractivity contribution in [2.75, 3.05) is 19.2 Å². The van der Waals surface area contributed by atoms with Crippen LogP contribution in [0.1, 0.15) is 22.0 Å². The maximum absolute atomic E-state index is 13.3. The van der Waals surface area contributed by atoms with Gasteiger partial charge >= 0.3 is 11.9 Å². The number of hydrogen-bond acceptors (Lipinski definition) is 6. The van der Waals surface area contributed by atoms with Crippen LogP contribution in [0.4, 0.5) is 5.69 Å². The topological polar surface area (TPSA) is 76.2 Å². The molecule has 28 heavy (non-hydrogen) atoms. The zero-order valence-corrected chi connectivity index (χ0v) is 16.6. The fourth-order valence-corrected chi connectivity index (χ4v) is 3.85. The number of rotatable bonds is 3. The number of nitrogens with zero attached hydrogens (tertiary/aromatic N) is 2. The lowest BCUT2D eigenvalue weighted by Crippen LogP contribution is -2.48. The van der Waals surface area contributed by atoms with E-state index in [4.69, 9.17) is 9.47 Å². The number of anilines is 1. The van der Waals surface area contributed by atoms with E-state index < -0.39 is 23.9 Å². The Kier molecular flexibility index (Phi) is 4.43. The molecule has 2 aliphatic heterocycles. The highest BCUT2D eigenvalue weighted by Gasteiger charge is 2.53. The average molecular weight is 443 g/mol. The second-order valence-electron chi connectivity index (χ2n) is 6.17. The van der Waals surface area contributed by atoms with E-state index >= 15 is 0 Å². The van der Waals surface area contributed by atoms with Crippen LogP contribution in [-0.2, 0) is 19.1 Å². The summed E-state index contributed by atoms with van der Waals surface area (Å²) < 4.78 is 10.7. The molecule has 0 radical (unpaired) electrons. The van der Waals surface area contributed by atoms with Crippen molar-refractivity contribution in [2.45, 2.75) is 6.04 Å². The molecule has 7 nitrogen and oxygen atoms in total. The molecule has 142 valence electrons. The van der Waals surface area contributed by atoms with E-state index in [1.165, 1.54) is 19.2 Å². The average Bonchev–Trinajstić information content (AvgIpc) is 3.03. The number of ether oxygens (including phenoxy) is 2. The van der Waals surface area contributed by atoms with Crippen LogP contribution in [0, 0.1) is 0 Å². The van der Waals surface area contributed by atoms with Gasteiger partial charge in [0.15, 0.2) is 5.70 Å². The van der Waals surface area contributed by atoms with Crippen molar-refractivity contribution in [3.8, 4) is 0 Å². The zero-order chi connectivity index (χ0) is 20.0. The second kappa shape index (κ2) is 6.79. The molecular weight excluding hydrogens is 428 g/mol. The van der Waals surface area contributed by atoms with E-state index in [0.717, 1.165) is 4.47 Å². The lowest BCUT2D eigenvalue weighted by Gasteiger charge is -2.40. The molecule has 4 rings (SSSR count). The molecule has 0 spiro atoms. The smallest absolute Gasteiger partial charge is 0.357 e. The molecule has 2 bridgehead atoms. The van der Waals surface area contributed by atoms with Gasteiger partial charge in [0, 0.05) is 10.0 Å². The lowest BCUT2D eigenvalue weighted by atomic mass is 9.93.